The Kier molecular flexibility index (Phi) is 9.15. The zero-order chi connectivity index (χ0) is 24.6. The van der Waals surface area contributed by atoms with Crippen molar-refractivity contribution in [2.24, 2.45) is 0 Å². The Labute approximate surface area is 209 Å². The number of rotatable bonds is 4. The molecule has 35 heavy (non-hydrogen) atoms. The van der Waals surface area contributed by atoms with Crippen LogP contribution in [0.2, 0.25) is 0 Å². The maximum atomic E-state index is 13.3. The van der Waals surface area contributed by atoms with Crippen LogP contribution < -0.4 is 4.74 Å². The van der Waals surface area contributed by atoms with Crippen LogP contribution in [0.3, 0.4) is 0 Å². The number of hydrogen-bond donors (Lipinski definition) is 1. The van der Waals surface area contributed by atoms with Gasteiger partial charge in [0.05, 0.1) is 19.8 Å². The molecule has 7 nitrogen and oxygen atoms in total. The van der Waals surface area contributed by atoms with Gasteiger partial charge in [-0.2, -0.15) is 0 Å². The van der Waals surface area contributed by atoms with Crippen LogP contribution in [0.25, 0.3) is 0 Å². The van der Waals surface area contributed by atoms with Crippen LogP contribution in [-0.4, -0.2) is 97.5 Å². The van der Waals surface area contributed by atoms with E-state index in [0.29, 0.717) is 57.5 Å². The third kappa shape index (κ3) is 7.04. The lowest BCUT2D eigenvalue weighted by Gasteiger charge is -2.34. The molecular weight excluding hydrogens is 442 g/mol. The zero-order valence-corrected chi connectivity index (χ0v) is 21.1. The lowest BCUT2D eigenvalue weighted by atomic mass is 9.99. The highest BCUT2D eigenvalue weighted by molar-refractivity contribution is 5.94. The van der Waals surface area contributed by atoms with Gasteiger partial charge in [0, 0.05) is 63.8 Å². The summed E-state index contributed by atoms with van der Waals surface area (Å²) in [5.74, 6) is 0.865. The number of amides is 1. The van der Waals surface area contributed by atoms with Gasteiger partial charge in [-0.25, -0.2) is 0 Å². The van der Waals surface area contributed by atoms with Crippen LogP contribution in [0.1, 0.15) is 40.9 Å². The predicted octanol–water partition coefficient (Wildman–Crippen LogP) is 2.65. The number of ether oxygens (including phenoxy) is 2. The number of nitrogens with zero attached hydrogens (tertiary/aromatic N) is 3. The first-order valence-electron chi connectivity index (χ1n) is 12.8. The van der Waals surface area contributed by atoms with E-state index in [9.17, 15) is 4.79 Å². The molecule has 0 spiro atoms. The molecule has 1 N–H and O–H groups in total. The quantitative estimate of drug-likeness (QED) is 0.725. The van der Waals surface area contributed by atoms with E-state index in [2.05, 4.69) is 47.9 Å². The lowest BCUT2D eigenvalue weighted by Crippen LogP contribution is -2.49. The molecule has 0 aromatic heterocycles. The maximum Gasteiger partial charge on any atom is 0.253 e. The molecule has 0 unspecified atom stereocenters. The van der Waals surface area contributed by atoms with Gasteiger partial charge in [-0.1, -0.05) is 24.3 Å². The number of carbonyl (C=O) groups excluding carboxylic acids is 1. The van der Waals surface area contributed by atoms with E-state index in [1.165, 1.54) is 11.1 Å². The molecule has 0 aliphatic carbocycles. The van der Waals surface area contributed by atoms with Crippen LogP contribution in [0.4, 0.5) is 0 Å². The van der Waals surface area contributed by atoms with Crippen molar-refractivity contribution in [3.63, 3.8) is 0 Å². The van der Waals surface area contributed by atoms with E-state index in [1.807, 2.05) is 23.1 Å². The van der Waals surface area contributed by atoms with Gasteiger partial charge in [-0.3, -0.25) is 14.6 Å². The summed E-state index contributed by atoms with van der Waals surface area (Å²) in [6, 6.07) is 15.0. The summed E-state index contributed by atoms with van der Waals surface area (Å²) in [6.07, 6.45) is 0.705. The average Bonchev–Trinajstić information content (AvgIpc) is 2.86. The van der Waals surface area contributed by atoms with E-state index in [-0.39, 0.29) is 12.5 Å². The fourth-order valence-electron chi connectivity index (χ4n) is 4.80. The topological polar surface area (TPSA) is 65.5 Å². The number of β-amino-alcohol motifs (C(OH)–C–C–N with tert-alkyl or cyclic N) is 1. The van der Waals surface area contributed by atoms with E-state index >= 15 is 0 Å². The Balaban J connectivity index is 1.55. The Bertz CT molecular complexity index is 972. The Hall–Kier alpha value is -2.45. The van der Waals surface area contributed by atoms with Crippen LogP contribution >= 0.6 is 0 Å². The van der Waals surface area contributed by atoms with E-state index in [4.69, 9.17) is 14.6 Å². The number of aliphatic hydroxyl groups excluding tert-OH is 1. The van der Waals surface area contributed by atoms with E-state index < -0.39 is 0 Å². The van der Waals surface area contributed by atoms with Crippen LogP contribution in [0.5, 0.6) is 5.75 Å². The number of benzene rings is 2. The van der Waals surface area contributed by atoms with Crippen molar-refractivity contribution in [1.82, 2.24) is 14.7 Å². The van der Waals surface area contributed by atoms with Crippen LogP contribution in [-0.2, 0) is 17.7 Å². The number of carbonyl (C=O) groups is 1. The highest BCUT2D eigenvalue weighted by atomic mass is 16.5. The van der Waals surface area contributed by atoms with Crippen molar-refractivity contribution in [3.05, 3.63) is 64.7 Å². The van der Waals surface area contributed by atoms with Gasteiger partial charge in [0.2, 0.25) is 0 Å². The maximum absolute atomic E-state index is 13.3. The van der Waals surface area contributed by atoms with Crippen molar-refractivity contribution in [3.8, 4) is 5.75 Å². The number of aliphatic hydroxyl groups is 1. The normalized spacial score (nSPS) is 18.6. The highest BCUT2D eigenvalue weighted by Gasteiger charge is 2.23. The van der Waals surface area contributed by atoms with E-state index in [0.717, 1.165) is 37.5 Å². The molecule has 0 saturated carbocycles. The number of hydrogen-bond acceptors (Lipinski definition) is 6. The van der Waals surface area contributed by atoms with Gasteiger partial charge in [-0.05, 0) is 48.7 Å². The first-order chi connectivity index (χ1) is 17.0. The third-order valence-corrected chi connectivity index (χ3v) is 6.89. The first-order valence-corrected chi connectivity index (χ1v) is 12.8. The summed E-state index contributed by atoms with van der Waals surface area (Å²) in [7, 11) is 0. The summed E-state index contributed by atoms with van der Waals surface area (Å²) in [6.45, 7) is 11.7. The zero-order valence-electron chi connectivity index (χ0n) is 21.1. The van der Waals surface area contributed by atoms with Crippen molar-refractivity contribution in [2.45, 2.75) is 32.9 Å². The minimum absolute atomic E-state index is 0.0560. The van der Waals surface area contributed by atoms with Gasteiger partial charge in [-0.15, -0.1) is 0 Å². The van der Waals surface area contributed by atoms with Crippen molar-refractivity contribution in [2.75, 3.05) is 65.7 Å². The number of piperazine rings is 1. The minimum atomic E-state index is 0.0560. The van der Waals surface area contributed by atoms with Gasteiger partial charge in [0.25, 0.3) is 5.91 Å². The average molecular weight is 482 g/mol. The third-order valence-electron chi connectivity index (χ3n) is 6.89. The van der Waals surface area contributed by atoms with Gasteiger partial charge in [0.15, 0.2) is 0 Å². The molecule has 2 aliphatic heterocycles. The summed E-state index contributed by atoms with van der Waals surface area (Å²) in [5, 5.41) is 9.17. The summed E-state index contributed by atoms with van der Waals surface area (Å²) in [5.41, 5.74) is 4.21. The fourth-order valence-corrected chi connectivity index (χ4v) is 4.80. The van der Waals surface area contributed by atoms with Crippen molar-refractivity contribution in [1.29, 1.82) is 0 Å². The second-order valence-electron chi connectivity index (χ2n) is 9.70. The molecule has 4 rings (SSSR count). The van der Waals surface area contributed by atoms with Crippen molar-refractivity contribution >= 4 is 5.91 Å². The molecule has 1 fully saturated rings. The molecule has 0 radical (unpaired) electrons. The molecule has 2 aromatic rings. The van der Waals surface area contributed by atoms with Crippen LogP contribution in [0.15, 0.2) is 42.5 Å². The van der Waals surface area contributed by atoms with Gasteiger partial charge < -0.3 is 19.5 Å². The van der Waals surface area contributed by atoms with Gasteiger partial charge >= 0.3 is 0 Å². The molecular formula is C28H39N3O4. The molecule has 7 heteroatoms. The Morgan fingerprint density at radius 1 is 0.971 bits per heavy atom. The smallest absolute Gasteiger partial charge is 0.253 e. The summed E-state index contributed by atoms with van der Waals surface area (Å²) in [4.78, 5) is 19.8. The lowest BCUT2D eigenvalue weighted by molar-refractivity contribution is 0.0614. The van der Waals surface area contributed by atoms with Crippen LogP contribution in [0, 0.1) is 0 Å². The second-order valence-corrected chi connectivity index (χ2v) is 9.70. The van der Waals surface area contributed by atoms with Gasteiger partial charge in [0.1, 0.15) is 12.4 Å². The molecule has 1 amide bonds. The molecule has 2 heterocycles. The van der Waals surface area contributed by atoms with Crippen molar-refractivity contribution < 1.29 is 19.4 Å². The molecule has 190 valence electrons. The number of fused-ring (bicyclic) bond motifs is 3. The monoisotopic (exact) mass is 481 g/mol. The predicted molar refractivity (Wildman–Crippen MR) is 137 cm³/mol. The SMILES string of the molecule is CC(C)N1CCOCCOc2ccc(C(=O)N3CCN(CCO)CC3)cc2Cc2cccc(c2)C1. The summed E-state index contributed by atoms with van der Waals surface area (Å²) < 4.78 is 12.0. The second kappa shape index (κ2) is 12.5. The molecule has 0 atom stereocenters. The molecule has 2 aliphatic rings. The largest absolute Gasteiger partial charge is 0.491 e. The standard InChI is InChI=1S/C28H39N3O4/c1-22(2)31-13-15-34-16-17-35-27-7-6-25(28(33)30-10-8-29(9-11-30)12-14-32)20-26(27)19-23-4-3-5-24(18-23)21-31/h3-7,18,20,22,32H,8-17,19,21H2,1-2H3. The highest BCUT2D eigenvalue weighted by Crippen LogP contribution is 2.25. The van der Waals surface area contributed by atoms with E-state index in [1.54, 1.807) is 0 Å². The molecule has 1 saturated heterocycles. The minimum Gasteiger partial charge on any atom is -0.491 e. The fraction of sp³-hybridized carbons (Fsp3) is 0.536. The Morgan fingerprint density at radius 3 is 2.54 bits per heavy atom. The Morgan fingerprint density at radius 2 is 1.77 bits per heavy atom. The summed E-state index contributed by atoms with van der Waals surface area (Å²) >= 11 is 0. The molecule has 2 bridgehead atoms. The first kappa shape index (κ1) is 25.6. The molecule has 2 aromatic carbocycles.